The van der Waals surface area contributed by atoms with Crippen molar-refractivity contribution in [1.29, 1.82) is 0 Å². The lowest BCUT2D eigenvalue weighted by Crippen LogP contribution is -2.17. The third-order valence-electron chi connectivity index (χ3n) is 2.37. The van der Waals surface area contributed by atoms with Crippen LogP contribution in [0.3, 0.4) is 0 Å². The van der Waals surface area contributed by atoms with Crippen LogP contribution in [0.25, 0.3) is 6.08 Å². The maximum absolute atomic E-state index is 5.93. The summed E-state index contributed by atoms with van der Waals surface area (Å²) in [7, 11) is 0. The molecule has 15 heavy (non-hydrogen) atoms. The molecule has 0 aliphatic heterocycles. The van der Waals surface area contributed by atoms with Crippen LogP contribution in [-0.2, 0) is 0 Å². The highest BCUT2D eigenvalue weighted by Crippen LogP contribution is 2.26. The summed E-state index contributed by atoms with van der Waals surface area (Å²) in [6, 6.07) is 7.80. The zero-order valence-electron chi connectivity index (χ0n) is 9.55. The summed E-state index contributed by atoms with van der Waals surface area (Å²) in [6.07, 6.45) is 2.12. The van der Waals surface area contributed by atoms with Crippen molar-refractivity contribution in [3.63, 3.8) is 0 Å². The molecule has 0 aliphatic carbocycles. The highest BCUT2D eigenvalue weighted by Gasteiger charge is 2.15. The van der Waals surface area contributed by atoms with Crippen LogP contribution in [-0.4, -0.2) is 6.54 Å². The van der Waals surface area contributed by atoms with Gasteiger partial charge in [0.1, 0.15) is 0 Å². The van der Waals surface area contributed by atoms with E-state index in [1.807, 2.05) is 24.3 Å². The molecule has 0 fully saturated rings. The maximum atomic E-state index is 5.93. The van der Waals surface area contributed by atoms with Gasteiger partial charge in [0.25, 0.3) is 0 Å². The highest BCUT2D eigenvalue weighted by atomic mass is 35.5. The molecule has 1 rings (SSSR count). The van der Waals surface area contributed by atoms with Crippen molar-refractivity contribution in [1.82, 2.24) is 0 Å². The molecule has 0 bridgehead atoms. The van der Waals surface area contributed by atoms with Gasteiger partial charge in [-0.3, -0.25) is 0 Å². The summed E-state index contributed by atoms with van der Waals surface area (Å²) in [5, 5.41) is 0.758. The first-order valence-corrected chi connectivity index (χ1v) is 5.48. The van der Waals surface area contributed by atoms with E-state index in [0.717, 1.165) is 10.6 Å². The van der Waals surface area contributed by atoms with Gasteiger partial charge in [-0.15, -0.1) is 0 Å². The molecule has 0 aliphatic rings. The molecule has 0 atom stereocenters. The summed E-state index contributed by atoms with van der Waals surface area (Å²) in [5.41, 5.74) is 8.19. The zero-order valence-corrected chi connectivity index (χ0v) is 10.3. The standard InChI is InChI=1S/C13H18ClN/c1-13(2,3)11(9-15)7-10-5-4-6-12(14)8-10/h4-8H,9,15H2,1-3H3/b11-7+. The summed E-state index contributed by atoms with van der Waals surface area (Å²) >= 11 is 5.93. The quantitative estimate of drug-likeness (QED) is 0.813. The fraction of sp³-hybridized carbons (Fsp3) is 0.385. The van der Waals surface area contributed by atoms with E-state index in [4.69, 9.17) is 17.3 Å². The Bertz CT molecular complexity index is 361. The summed E-state index contributed by atoms with van der Waals surface area (Å²) < 4.78 is 0. The minimum Gasteiger partial charge on any atom is -0.327 e. The molecule has 0 amide bonds. The van der Waals surface area contributed by atoms with Gasteiger partial charge < -0.3 is 5.73 Å². The first kappa shape index (κ1) is 12.3. The van der Waals surface area contributed by atoms with Crippen LogP contribution in [0.15, 0.2) is 29.8 Å². The van der Waals surface area contributed by atoms with Gasteiger partial charge in [0.05, 0.1) is 0 Å². The Hall–Kier alpha value is -0.790. The van der Waals surface area contributed by atoms with Crippen molar-refractivity contribution in [3.8, 4) is 0 Å². The lowest BCUT2D eigenvalue weighted by Gasteiger charge is -2.21. The number of benzene rings is 1. The molecule has 0 aromatic heterocycles. The van der Waals surface area contributed by atoms with Gasteiger partial charge in [0.15, 0.2) is 0 Å². The molecule has 2 heteroatoms. The van der Waals surface area contributed by atoms with Gasteiger partial charge in [-0.05, 0) is 23.1 Å². The van der Waals surface area contributed by atoms with E-state index in [0.29, 0.717) is 6.54 Å². The Morgan fingerprint density at radius 3 is 2.53 bits per heavy atom. The number of hydrogen-bond acceptors (Lipinski definition) is 1. The lowest BCUT2D eigenvalue weighted by molar-refractivity contribution is 0.499. The highest BCUT2D eigenvalue weighted by molar-refractivity contribution is 6.30. The molecular formula is C13H18ClN. The first-order chi connectivity index (χ1) is 6.93. The Morgan fingerprint density at radius 2 is 2.07 bits per heavy atom. The predicted octanol–water partition coefficient (Wildman–Crippen LogP) is 3.73. The summed E-state index contributed by atoms with van der Waals surface area (Å²) in [6.45, 7) is 7.07. The minimum atomic E-state index is 0.108. The van der Waals surface area contributed by atoms with E-state index >= 15 is 0 Å². The zero-order chi connectivity index (χ0) is 11.5. The van der Waals surface area contributed by atoms with E-state index in [-0.39, 0.29) is 5.41 Å². The van der Waals surface area contributed by atoms with E-state index in [1.54, 1.807) is 0 Å². The van der Waals surface area contributed by atoms with Gasteiger partial charge in [-0.25, -0.2) is 0 Å². The van der Waals surface area contributed by atoms with Crippen molar-refractivity contribution in [2.75, 3.05) is 6.54 Å². The van der Waals surface area contributed by atoms with Crippen LogP contribution in [0, 0.1) is 5.41 Å². The van der Waals surface area contributed by atoms with Crippen LogP contribution in [0.5, 0.6) is 0 Å². The summed E-state index contributed by atoms with van der Waals surface area (Å²) in [4.78, 5) is 0. The Morgan fingerprint density at radius 1 is 1.40 bits per heavy atom. The SMILES string of the molecule is CC(C)(C)/C(=C/c1cccc(Cl)c1)CN. The van der Waals surface area contributed by atoms with Gasteiger partial charge >= 0.3 is 0 Å². The van der Waals surface area contributed by atoms with Crippen molar-refractivity contribution >= 4 is 17.7 Å². The molecule has 0 saturated carbocycles. The Balaban J connectivity index is 3.04. The molecular weight excluding hydrogens is 206 g/mol. The molecule has 0 heterocycles. The predicted molar refractivity (Wildman–Crippen MR) is 67.9 cm³/mol. The fourth-order valence-electron chi connectivity index (χ4n) is 1.38. The third kappa shape index (κ3) is 3.69. The monoisotopic (exact) mass is 223 g/mol. The molecule has 0 spiro atoms. The van der Waals surface area contributed by atoms with E-state index < -0.39 is 0 Å². The smallest absolute Gasteiger partial charge is 0.0411 e. The lowest BCUT2D eigenvalue weighted by atomic mass is 9.85. The van der Waals surface area contributed by atoms with E-state index in [2.05, 4.69) is 26.8 Å². The number of halogens is 1. The molecule has 0 radical (unpaired) electrons. The Kier molecular flexibility index (Phi) is 3.95. The first-order valence-electron chi connectivity index (χ1n) is 5.10. The fourth-order valence-corrected chi connectivity index (χ4v) is 1.58. The van der Waals surface area contributed by atoms with Crippen molar-refractivity contribution in [2.24, 2.45) is 11.1 Å². The van der Waals surface area contributed by atoms with E-state index in [1.165, 1.54) is 5.57 Å². The normalized spacial score (nSPS) is 13.0. The van der Waals surface area contributed by atoms with Gasteiger partial charge in [-0.2, -0.15) is 0 Å². The molecule has 1 nitrogen and oxygen atoms in total. The summed E-state index contributed by atoms with van der Waals surface area (Å²) in [5.74, 6) is 0. The molecule has 1 aromatic rings. The maximum Gasteiger partial charge on any atom is 0.0411 e. The van der Waals surface area contributed by atoms with E-state index in [9.17, 15) is 0 Å². The second-order valence-electron chi connectivity index (χ2n) is 4.68. The van der Waals surface area contributed by atoms with Gasteiger partial charge in [-0.1, -0.05) is 56.2 Å². The van der Waals surface area contributed by atoms with Crippen LogP contribution >= 0.6 is 11.6 Å². The molecule has 0 saturated heterocycles. The largest absolute Gasteiger partial charge is 0.327 e. The minimum absolute atomic E-state index is 0.108. The van der Waals surface area contributed by atoms with Gasteiger partial charge in [0, 0.05) is 11.6 Å². The van der Waals surface area contributed by atoms with Crippen LogP contribution < -0.4 is 5.73 Å². The molecule has 1 aromatic carbocycles. The average Bonchev–Trinajstić information content (AvgIpc) is 2.12. The molecule has 2 N–H and O–H groups in total. The number of rotatable bonds is 2. The molecule has 82 valence electrons. The average molecular weight is 224 g/mol. The van der Waals surface area contributed by atoms with Crippen molar-refractivity contribution in [3.05, 3.63) is 40.4 Å². The van der Waals surface area contributed by atoms with Crippen LogP contribution in [0.4, 0.5) is 0 Å². The number of nitrogens with two attached hydrogens (primary N) is 1. The van der Waals surface area contributed by atoms with Crippen LogP contribution in [0.2, 0.25) is 5.02 Å². The van der Waals surface area contributed by atoms with Crippen molar-refractivity contribution in [2.45, 2.75) is 20.8 Å². The van der Waals surface area contributed by atoms with Gasteiger partial charge in [0.2, 0.25) is 0 Å². The molecule has 0 unspecified atom stereocenters. The number of hydrogen-bond donors (Lipinski definition) is 1. The second kappa shape index (κ2) is 4.82. The Labute approximate surface area is 96.9 Å². The van der Waals surface area contributed by atoms with Crippen molar-refractivity contribution < 1.29 is 0 Å². The third-order valence-corrected chi connectivity index (χ3v) is 2.61. The topological polar surface area (TPSA) is 26.0 Å². The second-order valence-corrected chi connectivity index (χ2v) is 5.12. The van der Waals surface area contributed by atoms with Crippen LogP contribution in [0.1, 0.15) is 26.3 Å².